The molecule has 7 nitrogen and oxygen atoms in total. The van der Waals surface area contributed by atoms with Gasteiger partial charge < -0.3 is 13.9 Å². The van der Waals surface area contributed by atoms with Gasteiger partial charge in [0.15, 0.2) is 5.58 Å². The molecule has 2 heterocycles. The van der Waals surface area contributed by atoms with Crippen LogP contribution in [0.15, 0.2) is 71.4 Å². The lowest BCUT2D eigenvalue weighted by Gasteiger charge is -2.07. The minimum atomic E-state index is -0.550. The normalized spacial score (nSPS) is 10.6. The number of fused-ring (bicyclic) bond motifs is 1. The lowest BCUT2D eigenvalue weighted by molar-refractivity contribution is 0.155. The quantitative estimate of drug-likeness (QED) is 0.546. The number of amides is 1. The first kappa shape index (κ1) is 17.5. The summed E-state index contributed by atoms with van der Waals surface area (Å²) in [5.41, 5.74) is 3.47. The van der Waals surface area contributed by atoms with E-state index in [1.165, 1.54) is 0 Å². The van der Waals surface area contributed by atoms with Crippen LogP contribution in [0, 0.1) is 0 Å². The van der Waals surface area contributed by atoms with Crippen molar-refractivity contribution in [3.63, 3.8) is 0 Å². The van der Waals surface area contributed by atoms with Gasteiger partial charge in [-0.2, -0.15) is 0 Å². The standard InChI is InChI=1S/C21H17N3O4/c1-26-17-7-4-14(5-8-17)13-27-21(25)23-16-6-9-19-18(11-16)24-20(28-19)15-3-2-10-22-12-15/h2-12H,13H2,1H3,(H,23,25). The average molecular weight is 375 g/mol. The van der Waals surface area contributed by atoms with Gasteiger partial charge in [0.2, 0.25) is 5.89 Å². The summed E-state index contributed by atoms with van der Waals surface area (Å²) in [6.07, 6.45) is 2.82. The molecule has 0 fully saturated rings. The van der Waals surface area contributed by atoms with Crippen molar-refractivity contribution < 1.29 is 18.7 Å². The maximum absolute atomic E-state index is 12.1. The third kappa shape index (κ3) is 3.93. The first-order valence-corrected chi connectivity index (χ1v) is 8.59. The summed E-state index contributed by atoms with van der Waals surface area (Å²) in [7, 11) is 1.60. The molecule has 0 saturated carbocycles. The van der Waals surface area contributed by atoms with Gasteiger partial charge in [0.05, 0.1) is 12.7 Å². The van der Waals surface area contributed by atoms with Gasteiger partial charge in [-0.25, -0.2) is 9.78 Å². The van der Waals surface area contributed by atoms with Gasteiger partial charge in [0.25, 0.3) is 0 Å². The van der Waals surface area contributed by atoms with Crippen molar-refractivity contribution in [1.82, 2.24) is 9.97 Å². The van der Waals surface area contributed by atoms with E-state index in [0.717, 1.165) is 16.9 Å². The number of hydrogen-bond donors (Lipinski definition) is 1. The molecule has 0 aliphatic carbocycles. The second-order valence-electron chi connectivity index (χ2n) is 5.99. The lowest BCUT2D eigenvalue weighted by atomic mass is 10.2. The lowest BCUT2D eigenvalue weighted by Crippen LogP contribution is -2.13. The molecule has 28 heavy (non-hydrogen) atoms. The highest BCUT2D eigenvalue weighted by atomic mass is 16.5. The largest absolute Gasteiger partial charge is 0.497 e. The fraction of sp³-hybridized carbons (Fsp3) is 0.0952. The highest BCUT2D eigenvalue weighted by Gasteiger charge is 2.10. The van der Waals surface area contributed by atoms with Gasteiger partial charge in [0.1, 0.15) is 17.9 Å². The van der Waals surface area contributed by atoms with Crippen LogP contribution in [0.5, 0.6) is 5.75 Å². The number of nitrogens with zero attached hydrogens (tertiary/aromatic N) is 2. The Morgan fingerprint density at radius 1 is 1.14 bits per heavy atom. The van der Waals surface area contributed by atoms with E-state index in [0.29, 0.717) is 22.7 Å². The van der Waals surface area contributed by atoms with Crippen molar-refractivity contribution in [3.8, 4) is 17.2 Å². The van der Waals surface area contributed by atoms with Crippen LogP contribution in [0.4, 0.5) is 10.5 Å². The number of aromatic nitrogens is 2. The molecule has 1 N–H and O–H groups in total. The van der Waals surface area contributed by atoms with E-state index < -0.39 is 6.09 Å². The Bertz CT molecular complexity index is 1090. The number of ether oxygens (including phenoxy) is 2. The molecule has 0 aliphatic heterocycles. The van der Waals surface area contributed by atoms with Crippen LogP contribution in [0.3, 0.4) is 0 Å². The number of pyridine rings is 1. The summed E-state index contributed by atoms with van der Waals surface area (Å²) in [6.45, 7) is 0.160. The molecule has 140 valence electrons. The van der Waals surface area contributed by atoms with Crippen LogP contribution < -0.4 is 10.1 Å². The molecule has 4 rings (SSSR count). The second-order valence-corrected chi connectivity index (χ2v) is 5.99. The molecular weight excluding hydrogens is 358 g/mol. The molecule has 2 aromatic carbocycles. The van der Waals surface area contributed by atoms with Gasteiger partial charge in [-0.15, -0.1) is 0 Å². The molecule has 0 bridgehead atoms. The number of rotatable bonds is 5. The van der Waals surface area contributed by atoms with Gasteiger partial charge >= 0.3 is 6.09 Å². The minimum absolute atomic E-state index is 0.160. The summed E-state index contributed by atoms with van der Waals surface area (Å²) in [4.78, 5) is 20.6. The molecule has 2 aromatic heterocycles. The number of anilines is 1. The van der Waals surface area contributed by atoms with Crippen molar-refractivity contribution in [2.24, 2.45) is 0 Å². The molecule has 1 amide bonds. The minimum Gasteiger partial charge on any atom is -0.497 e. The van der Waals surface area contributed by atoms with Crippen molar-refractivity contribution in [2.75, 3.05) is 12.4 Å². The van der Waals surface area contributed by atoms with E-state index >= 15 is 0 Å². The van der Waals surface area contributed by atoms with Crippen molar-refractivity contribution >= 4 is 22.9 Å². The zero-order valence-electron chi connectivity index (χ0n) is 15.1. The molecule has 7 heteroatoms. The summed E-state index contributed by atoms with van der Waals surface area (Å²) in [5.74, 6) is 1.22. The van der Waals surface area contributed by atoms with Crippen molar-refractivity contribution in [2.45, 2.75) is 6.61 Å². The van der Waals surface area contributed by atoms with Crippen LogP contribution >= 0.6 is 0 Å². The highest BCUT2D eigenvalue weighted by Crippen LogP contribution is 2.25. The zero-order chi connectivity index (χ0) is 19.3. The smallest absolute Gasteiger partial charge is 0.411 e. The number of oxazole rings is 1. The second kappa shape index (κ2) is 7.79. The van der Waals surface area contributed by atoms with E-state index in [2.05, 4.69) is 15.3 Å². The third-order valence-corrected chi connectivity index (χ3v) is 4.07. The first-order chi connectivity index (χ1) is 13.7. The highest BCUT2D eigenvalue weighted by molar-refractivity contribution is 5.88. The number of carbonyl (C=O) groups excluding carboxylic acids is 1. The van der Waals surface area contributed by atoms with E-state index in [4.69, 9.17) is 13.9 Å². The summed E-state index contributed by atoms with van der Waals surface area (Å²) in [6, 6.07) is 16.2. The SMILES string of the molecule is COc1ccc(COC(=O)Nc2ccc3oc(-c4cccnc4)nc3c2)cc1. The fourth-order valence-electron chi connectivity index (χ4n) is 2.64. The number of methoxy groups -OCH3 is 1. The predicted octanol–water partition coefficient (Wildman–Crippen LogP) is 4.65. The van der Waals surface area contributed by atoms with Crippen LogP contribution in [-0.4, -0.2) is 23.2 Å². The Kier molecular flexibility index (Phi) is 4.88. The molecule has 0 unspecified atom stereocenters. The van der Waals surface area contributed by atoms with E-state index in [1.54, 1.807) is 37.7 Å². The Labute approximate surface area is 160 Å². The topological polar surface area (TPSA) is 86.5 Å². The number of carbonyl (C=O) groups is 1. The van der Waals surface area contributed by atoms with Crippen LogP contribution in [0.25, 0.3) is 22.6 Å². The van der Waals surface area contributed by atoms with E-state index in [-0.39, 0.29) is 6.61 Å². The predicted molar refractivity (Wildman–Crippen MR) is 104 cm³/mol. The maximum Gasteiger partial charge on any atom is 0.411 e. The molecule has 0 spiro atoms. The maximum atomic E-state index is 12.1. The number of benzene rings is 2. The summed E-state index contributed by atoms with van der Waals surface area (Å²) >= 11 is 0. The zero-order valence-corrected chi connectivity index (χ0v) is 15.1. The first-order valence-electron chi connectivity index (χ1n) is 8.59. The molecule has 0 aliphatic rings. The van der Waals surface area contributed by atoms with Crippen LogP contribution in [-0.2, 0) is 11.3 Å². The Morgan fingerprint density at radius 3 is 2.75 bits per heavy atom. The monoisotopic (exact) mass is 375 g/mol. The van der Waals surface area contributed by atoms with Crippen LogP contribution in [0.2, 0.25) is 0 Å². The Morgan fingerprint density at radius 2 is 2.00 bits per heavy atom. The number of nitrogens with one attached hydrogen (secondary N) is 1. The van der Waals surface area contributed by atoms with Crippen molar-refractivity contribution in [3.05, 3.63) is 72.6 Å². The van der Waals surface area contributed by atoms with Gasteiger partial charge in [0, 0.05) is 18.1 Å². The molecule has 0 saturated heterocycles. The molecule has 4 aromatic rings. The molecule has 0 atom stereocenters. The van der Waals surface area contributed by atoms with Crippen molar-refractivity contribution in [1.29, 1.82) is 0 Å². The Hall–Kier alpha value is -3.87. The third-order valence-electron chi connectivity index (χ3n) is 4.07. The Balaban J connectivity index is 1.41. The molecule has 0 radical (unpaired) electrons. The number of hydrogen-bond acceptors (Lipinski definition) is 6. The average Bonchev–Trinajstić information content (AvgIpc) is 3.17. The summed E-state index contributed by atoms with van der Waals surface area (Å²) in [5, 5.41) is 2.70. The van der Waals surface area contributed by atoms with Crippen LogP contribution in [0.1, 0.15) is 5.56 Å². The van der Waals surface area contributed by atoms with Gasteiger partial charge in [-0.05, 0) is 48.0 Å². The van der Waals surface area contributed by atoms with E-state index in [9.17, 15) is 4.79 Å². The fourth-order valence-corrected chi connectivity index (χ4v) is 2.64. The van der Waals surface area contributed by atoms with Gasteiger partial charge in [-0.1, -0.05) is 12.1 Å². The molecular formula is C21H17N3O4. The summed E-state index contributed by atoms with van der Waals surface area (Å²) < 4.78 is 16.1. The van der Waals surface area contributed by atoms with E-state index in [1.807, 2.05) is 36.4 Å². The van der Waals surface area contributed by atoms with Gasteiger partial charge in [-0.3, -0.25) is 10.3 Å².